The average Bonchev–Trinajstić information content (AvgIpc) is 2.81. The molecular weight excluding hydrogens is 444 g/mol. The van der Waals surface area contributed by atoms with E-state index in [-0.39, 0.29) is 34.1 Å². The summed E-state index contributed by atoms with van der Waals surface area (Å²) in [5.74, 6) is 0.342. The van der Waals surface area contributed by atoms with Gasteiger partial charge in [0.15, 0.2) is 23.0 Å². The summed E-state index contributed by atoms with van der Waals surface area (Å²) in [6, 6.07) is 11.4. The highest BCUT2D eigenvalue weighted by atomic mass is 16.6. The quantitative estimate of drug-likeness (QED) is 0.260. The molecule has 0 radical (unpaired) electrons. The monoisotopic (exact) mass is 464 g/mol. The Kier molecular flexibility index (Phi) is 7.12. The van der Waals surface area contributed by atoms with Crippen molar-refractivity contribution in [3.05, 3.63) is 91.0 Å². The van der Waals surface area contributed by atoms with Crippen LogP contribution in [0.25, 0.3) is 24.3 Å². The predicted octanol–water partition coefficient (Wildman–Crippen LogP) is 5.27. The van der Waals surface area contributed by atoms with Crippen LogP contribution in [0.2, 0.25) is 0 Å². The van der Waals surface area contributed by atoms with Crippen molar-refractivity contribution < 1.29 is 29.5 Å². The van der Waals surface area contributed by atoms with Crippen molar-refractivity contribution in [3.63, 3.8) is 0 Å². The first-order chi connectivity index (χ1) is 16.2. The lowest BCUT2D eigenvalue weighted by Gasteiger charge is -2.05. The molecule has 3 rings (SSSR count). The van der Waals surface area contributed by atoms with E-state index in [0.717, 1.165) is 6.07 Å². The van der Waals surface area contributed by atoms with Crippen LogP contribution in [0, 0.1) is 20.2 Å². The molecule has 0 aliphatic heterocycles. The number of nitro benzene ring substituents is 2. The minimum atomic E-state index is -0.701. The number of ether oxygens (including phenoxy) is 2. The maximum atomic E-state index is 11.6. The third-order valence-corrected chi connectivity index (χ3v) is 4.89. The first kappa shape index (κ1) is 23.8. The third kappa shape index (κ3) is 5.30. The third-order valence-electron chi connectivity index (χ3n) is 4.89. The molecule has 2 N–H and O–H groups in total. The minimum absolute atomic E-state index is 0.103. The zero-order chi connectivity index (χ0) is 24.8. The number of methoxy groups -OCH3 is 2. The fraction of sp³-hybridized carbons (Fsp3) is 0.0833. The number of hydrogen-bond donors (Lipinski definition) is 2. The predicted molar refractivity (Wildman–Crippen MR) is 127 cm³/mol. The number of phenols is 2. The van der Waals surface area contributed by atoms with Crippen LogP contribution in [0.1, 0.15) is 22.3 Å². The smallest absolute Gasteiger partial charge is 0.283 e. The van der Waals surface area contributed by atoms with Crippen molar-refractivity contribution in [2.75, 3.05) is 14.2 Å². The van der Waals surface area contributed by atoms with Crippen molar-refractivity contribution in [1.29, 1.82) is 0 Å². The van der Waals surface area contributed by atoms with Gasteiger partial charge in [-0.1, -0.05) is 24.3 Å². The summed E-state index contributed by atoms with van der Waals surface area (Å²) in [6.45, 7) is 0. The second-order valence-electron chi connectivity index (χ2n) is 7.01. The highest BCUT2D eigenvalue weighted by Crippen LogP contribution is 2.33. The lowest BCUT2D eigenvalue weighted by atomic mass is 10.0. The van der Waals surface area contributed by atoms with E-state index in [1.54, 1.807) is 12.1 Å². The molecule has 0 unspecified atom stereocenters. The molecule has 0 spiro atoms. The standard InChI is InChI=1S/C24H20N2O8/c1-33-23-9-5-15(11-21(23)27)3-7-17-13-18(20(26(31)32)14-19(17)25(29)30)8-4-16-6-10-24(34-2)22(28)12-16/h3-14,27-28H,1-2H3/b7-3-,8-4+. The summed E-state index contributed by atoms with van der Waals surface area (Å²) in [4.78, 5) is 21.7. The van der Waals surface area contributed by atoms with Crippen LogP contribution in [0.4, 0.5) is 11.4 Å². The van der Waals surface area contributed by atoms with Gasteiger partial charge in [-0.05, 0) is 53.6 Å². The maximum absolute atomic E-state index is 11.6. The largest absolute Gasteiger partial charge is 0.504 e. The number of hydrogen-bond acceptors (Lipinski definition) is 8. The Labute approximate surface area is 193 Å². The molecule has 10 nitrogen and oxygen atoms in total. The van der Waals surface area contributed by atoms with E-state index in [0.29, 0.717) is 11.1 Å². The van der Waals surface area contributed by atoms with Crippen molar-refractivity contribution in [2.45, 2.75) is 0 Å². The fourth-order valence-corrected chi connectivity index (χ4v) is 3.19. The SMILES string of the molecule is COc1ccc(/C=C\c2cc(/C=C/c3ccc(OC)c(O)c3)c([N+](=O)[O-])cc2[N+](=O)[O-])cc1O. The van der Waals surface area contributed by atoms with Crippen LogP contribution in [0.15, 0.2) is 48.5 Å². The van der Waals surface area contributed by atoms with Crippen LogP contribution in [0.5, 0.6) is 23.0 Å². The molecule has 3 aromatic rings. The zero-order valence-corrected chi connectivity index (χ0v) is 18.2. The molecule has 34 heavy (non-hydrogen) atoms. The number of rotatable bonds is 8. The molecule has 0 saturated heterocycles. The highest BCUT2D eigenvalue weighted by Gasteiger charge is 2.22. The normalized spacial score (nSPS) is 11.1. The molecular formula is C24H20N2O8. The summed E-state index contributed by atoms with van der Waals surface area (Å²) in [6.07, 6.45) is 5.92. The Morgan fingerprint density at radius 2 is 1.09 bits per heavy atom. The van der Waals surface area contributed by atoms with E-state index in [1.165, 1.54) is 68.9 Å². The van der Waals surface area contributed by atoms with Gasteiger partial charge < -0.3 is 19.7 Å². The summed E-state index contributed by atoms with van der Waals surface area (Å²) >= 11 is 0. The summed E-state index contributed by atoms with van der Waals surface area (Å²) in [7, 11) is 2.82. The number of nitro groups is 2. The zero-order valence-electron chi connectivity index (χ0n) is 18.2. The molecule has 0 heterocycles. The van der Waals surface area contributed by atoms with Crippen molar-refractivity contribution >= 4 is 35.7 Å². The Balaban J connectivity index is 2.05. The second kappa shape index (κ2) is 10.2. The van der Waals surface area contributed by atoms with Gasteiger partial charge in [0.05, 0.1) is 41.3 Å². The molecule has 0 bridgehead atoms. The van der Waals surface area contributed by atoms with E-state index >= 15 is 0 Å². The van der Waals surface area contributed by atoms with Gasteiger partial charge in [0, 0.05) is 0 Å². The Bertz CT molecular complexity index is 1220. The fourth-order valence-electron chi connectivity index (χ4n) is 3.19. The van der Waals surface area contributed by atoms with Crippen LogP contribution in [0.3, 0.4) is 0 Å². The topological polar surface area (TPSA) is 145 Å². The molecule has 0 saturated carbocycles. The summed E-state index contributed by atoms with van der Waals surface area (Å²) in [5, 5.41) is 43.0. The molecule has 0 atom stereocenters. The van der Waals surface area contributed by atoms with Gasteiger partial charge in [-0.15, -0.1) is 0 Å². The van der Waals surface area contributed by atoms with E-state index in [9.17, 15) is 30.4 Å². The van der Waals surface area contributed by atoms with E-state index in [1.807, 2.05) is 0 Å². The van der Waals surface area contributed by atoms with Gasteiger partial charge in [-0.25, -0.2) is 0 Å². The molecule has 0 aliphatic carbocycles. The maximum Gasteiger partial charge on any atom is 0.283 e. The number of benzene rings is 3. The number of phenolic OH excluding ortho intramolecular Hbond substituents is 2. The van der Waals surface area contributed by atoms with Crippen LogP contribution < -0.4 is 9.47 Å². The highest BCUT2D eigenvalue weighted by molar-refractivity contribution is 5.82. The minimum Gasteiger partial charge on any atom is -0.504 e. The van der Waals surface area contributed by atoms with Crippen molar-refractivity contribution in [2.24, 2.45) is 0 Å². The molecule has 174 valence electrons. The van der Waals surface area contributed by atoms with Crippen molar-refractivity contribution in [1.82, 2.24) is 0 Å². The van der Waals surface area contributed by atoms with Crippen LogP contribution in [-0.4, -0.2) is 34.3 Å². The van der Waals surface area contributed by atoms with Gasteiger partial charge >= 0.3 is 0 Å². The lowest BCUT2D eigenvalue weighted by molar-refractivity contribution is -0.394. The van der Waals surface area contributed by atoms with Gasteiger partial charge in [0.25, 0.3) is 11.4 Å². The lowest BCUT2D eigenvalue weighted by Crippen LogP contribution is -1.98. The second-order valence-corrected chi connectivity index (χ2v) is 7.01. The van der Waals surface area contributed by atoms with Gasteiger partial charge in [0.1, 0.15) is 0 Å². The van der Waals surface area contributed by atoms with Crippen molar-refractivity contribution in [3.8, 4) is 23.0 Å². The molecule has 0 aliphatic rings. The molecule has 10 heteroatoms. The Hall–Kier alpha value is -4.86. The van der Waals surface area contributed by atoms with Crippen LogP contribution in [-0.2, 0) is 0 Å². The summed E-state index contributed by atoms with van der Waals surface area (Å²) in [5.41, 5.74) is 0.444. The van der Waals surface area contributed by atoms with Gasteiger partial charge in [0.2, 0.25) is 0 Å². The van der Waals surface area contributed by atoms with Gasteiger partial charge in [-0.3, -0.25) is 20.2 Å². The number of nitrogens with zero attached hydrogens (tertiary/aromatic N) is 2. The first-order valence-electron chi connectivity index (χ1n) is 9.80. The van der Waals surface area contributed by atoms with Crippen LogP contribution >= 0.6 is 0 Å². The van der Waals surface area contributed by atoms with E-state index in [4.69, 9.17) is 9.47 Å². The van der Waals surface area contributed by atoms with E-state index in [2.05, 4.69) is 0 Å². The molecule has 0 fully saturated rings. The van der Waals surface area contributed by atoms with Gasteiger partial charge in [-0.2, -0.15) is 0 Å². The Morgan fingerprint density at radius 1 is 0.676 bits per heavy atom. The summed E-state index contributed by atoms with van der Waals surface area (Å²) < 4.78 is 9.98. The first-order valence-corrected chi connectivity index (χ1v) is 9.80. The Morgan fingerprint density at radius 3 is 1.41 bits per heavy atom. The number of aromatic hydroxyl groups is 2. The average molecular weight is 464 g/mol. The molecule has 0 aromatic heterocycles. The van der Waals surface area contributed by atoms with E-state index < -0.39 is 21.2 Å². The molecule has 3 aromatic carbocycles. The molecule has 0 amide bonds.